The van der Waals surface area contributed by atoms with Crippen molar-refractivity contribution < 1.29 is 9.59 Å². The summed E-state index contributed by atoms with van der Waals surface area (Å²) in [5.41, 5.74) is 1.10. The second-order valence-electron chi connectivity index (χ2n) is 5.79. The fraction of sp³-hybridized carbons (Fsp3) is 0.333. The van der Waals surface area contributed by atoms with Crippen molar-refractivity contribution in [3.05, 3.63) is 57.8 Å². The van der Waals surface area contributed by atoms with Gasteiger partial charge in [0, 0.05) is 0 Å². The molecule has 1 atom stereocenters. The van der Waals surface area contributed by atoms with Gasteiger partial charge in [-0.25, -0.2) is 0 Å². The van der Waals surface area contributed by atoms with E-state index in [1.54, 1.807) is 12.1 Å². The maximum Gasteiger partial charge on any atom is 0.261 e. The van der Waals surface area contributed by atoms with E-state index in [1.165, 1.54) is 18.3 Å². The van der Waals surface area contributed by atoms with E-state index in [0.717, 1.165) is 12.0 Å². The van der Waals surface area contributed by atoms with Crippen LogP contribution >= 0.6 is 11.3 Å². The Balaban J connectivity index is 2.15. The van der Waals surface area contributed by atoms with Crippen molar-refractivity contribution in [3.8, 4) is 0 Å². The highest BCUT2D eigenvalue weighted by atomic mass is 32.1. The standard InChI is InChI=1S/C18H21NO2S/c1-12(2)11-15(14-7-5-4-6-8-14)19-18(21)17-10-9-16(22-17)13(3)20/h4-10,12,15H,11H2,1-3H3,(H,19,21)/t15-/m0/s1. The van der Waals surface area contributed by atoms with Crippen LogP contribution in [0.5, 0.6) is 0 Å². The Morgan fingerprint density at radius 3 is 2.23 bits per heavy atom. The molecule has 0 saturated carbocycles. The van der Waals surface area contributed by atoms with Gasteiger partial charge in [-0.2, -0.15) is 0 Å². The van der Waals surface area contributed by atoms with Crippen LogP contribution in [0.1, 0.15) is 58.1 Å². The van der Waals surface area contributed by atoms with Crippen molar-refractivity contribution in [2.45, 2.75) is 33.2 Å². The summed E-state index contributed by atoms with van der Waals surface area (Å²) in [6.45, 7) is 5.79. The third kappa shape index (κ3) is 4.28. The molecule has 0 unspecified atom stereocenters. The third-order valence-electron chi connectivity index (χ3n) is 3.39. The topological polar surface area (TPSA) is 46.2 Å². The summed E-state index contributed by atoms with van der Waals surface area (Å²) in [7, 11) is 0. The third-order valence-corrected chi connectivity index (χ3v) is 4.58. The Morgan fingerprint density at radius 2 is 1.68 bits per heavy atom. The highest BCUT2D eigenvalue weighted by molar-refractivity contribution is 7.15. The van der Waals surface area contributed by atoms with Crippen LogP contribution in [-0.4, -0.2) is 11.7 Å². The van der Waals surface area contributed by atoms with Gasteiger partial charge < -0.3 is 5.32 Å². The molecule has 1 amide bonds. The quantitative estimate of drug-likeness (QED) is 0.800. The first-order chi connectivity index (χ1) is 10.5. The van der Waals surface area contributed by atoms with Crippen LogP contribution in [0.15, 0.2) is 42.5 Å². The molecular weight excluding hydrogens is 294 g/mol. The average Bonchev–Trinajstić information content (AvgIpc) is 2.97. The molecule has 4 heteroatoms. The number of benzene rings is 1. The lowest BCUT2D eigenvalue weighted by Gasteiger charge is -2.20. The fourth-order valence-corrected chi connectivity index (χ4v) is 3.12. The number of rotatable bonds is 6. The zero-order valence-electron chi connectivity index (χ0n) is 13.1. The van der Waals surface area contributed by atoms with Gasteiger partial charge in [0.2, 0.25) is 0 Å². The monoisotopic (exact) mass is 315 g/mol. The lowest BCUT2D eigenvalue weighted by atomic mass is 9.97. The predicted octanol–water partition coefficient (Wildman–Crippen LogP) is 4.47. The SMILES string of the molecule is CC(=O)c1ccc(C(=O)N[C@@H](CC(C)C)c2ccccc2)s1. The fourth-order valence-electron chi connectivity index (χ4n) is 2.31. The maximum atomic E-state index is 12.4. The van der Waals surface area contributed by atoms with E-state index in [0.29, 0.717) is 15.7 Å². The number of carbonyl (C=O) groups excluding carboxylic acids is 2. The number of thiophene rings is 1. The van der Waals surface area contributed by atoms with Gasteiger partial charge in [-0.3, -0.25) is 9.59 Å². The minimum absolute atomic E-state index is 0.00848. The van der Waals surface area contributed by atoms with E-state index in [4.69, 9.17) is 0 Å². The molecule has 22 heavy (non-hydrogen) atoms. The molecular formula is C18H21NO2S. The summed E-state index contributed by atoms with van der Waals surface area (Å²) < 4.78 is 0. The highest BCUT2D eigenvalue weighted by Gasteiger charge is 2.18. The van der Waals surface area contributed by atoms with E-state index >= 15 is 0 Å². The Labute approximate surface area is 135 Å². The van der Waals surface area contributed by atoms with Crippen molar-refractivity contribution in [2.75, 3.05) is 0 Å². The lowest BCUT2D eigenvalue weighted by Crippen LogP contribution is -2.28. The number of nitrogens with one attached hydrogen (secondary N) is 1. The van der Waals surface area contributed by atoms with Crippen molar-refractivity contribution in [1.29, 1.82) is 0 Å². The predicted molar refractivity (Wildman–Crippen MR) is 90.4 cm³/mol. The summed E-state index contributed by atoms with van der Waals surface area (Å²) in [5.74, 6) is 0.347. The molecule has 0 saturated heterocycles. The van der Waals surface area contributed by atoms with E-state index in [9.17, 15) is 9.59 Å². The van der Waals surface area contributed by atoms with Crippen LogP contribution in [0.25, 0.3) is 0 Å². The number of hydrogen-bond acceptors (Lipinski definition) is 3. The largest absolute Gasteiger partial charge is 0.345 e. The van der Waals surface area contributed by atoms with Gasteiger partial charge in [0.05, 0.1) is 15.8 Å². The Kier molecular flexibility index (Phi) is 5.50. The molecule has 116 valence electrons. The molecule has 0 aliphatic rings. The van der Waals surface area contributed by atoms with Crippen LogP contribution < -0.4 is 5.32 Å². The molecule has 1 aromatic heterocycles. The van der Waals surface area contributed by atoms with Gasteiger partial charge in [-0.05, 0) is 37.0 Å². The van der Waals surface area contributed by atoms with Crippen molar-refractivity contribution in [3.63, 3.8) is 0 Å². The number of hydrogen-bond donors (Lipinski definition) is 1. The van der Waals surface area contributed by atoms with E-state index in [2.05, 4.69) is 19.2 Å². The van der Waals surface area contributed by atoms with Crippen molar-refractivity contribution in [2.24, 2.45) is 5.92 Å². The first-order valence-corrected chi connectivity index (χ1v) is 8.25. The second kappa shape index (κ2) is 7.36. The van der Waals surface area contributed by atoms with Crippen LogP contribution in [0.2, 0.25) is 0 Å². The molecule has 0 fully saturated rings. The van der Waals surface area contributed by atoms with Gasteiger partial charge in [-0.1, -0.05) is 44.2 Å². The summed E-state index contributed by atoms with van der Waals surface area (Å²) >= 11 is 1.24. The van der Waals surface area contributed by atoms with E-state index in [1.807, 2.05) is 30.3 Å². The number of carbonyl (C=O) groups is 2. The minimum Gasteiger partial charge on any atom is -0.345 e. The van der Waals surface area contributed by atoms with Crippen molar-refractivity contribution >= 4 is 23.0 Å². The number of ketones is 1. The number of Topliss-reactive ketones (excluding diaryl/α,β-unsaturated/α-hetero) is 1. The molecule has 2 rings (SSSR count). The average molecular weight is 315 g/mol. The molecule has 0 aliphatic heterocycles. The Morgan fingerprint density at radius 1 is 1.05 bits per heavy atom. The summed E-state index contributed by atoms with van der Waals surface area (Å²) in [4.78, 5) is 25.0. The maximum absolute atomic E-state index is 12.4. The Bertz CT molecular complexity index is 646. The second-order valence-corrected chi connectivity index (χ2v) is 6.87. The van der Waals surface area contributed by atoms with Crippen LogP contribution in [0.3, 0.4) is 0 Å². The molecule has 0 spiro atoms. The first kappa shape index (κ1) is 16.4. The van der Waals surface area contributed by atoms with Gasteiger partial charge >= 0.3 is 0 Å². The summed E-state index contributed by atoms with van der Waals surface area (Å²) in [5, 5.41) is 3.09. The van der Waals surface area contributed by atoms with Gasteiger partial charge in [0.15, 0.2) is 5.78 Å². The van der Waals surface area contributed by atoms with Crippen LogP contribution in [0.4, 0.5) is 0 Å². The van der Waals surface area contributed by atoms with Gasteiger partial charge in [0.1, 0.15) is 0 Å². The normalized spacial score (nSPS) is 12.2. The number of amides is 1. The van der Waals surface area contributed by atoms with E-state index in [-0.39, 0.29) is 17.7 Å². The molecule has 1 aromatic carbocycles. The molecule has 0 radical (unpaired) electrons. The highest BCUT2D eigenvalue weighted by Crippen LogP contribution is 2.23. The Hall–Kier alpha value is -1.94. The molecule has 3 nitrogen and oxygen atoms in total. The van der Waals surface area contributed by atoms with Crippen LogP contribution in [0, 0.1) is 5.92 Å². The molecule has 2 aromatic rings. The van der Waals surface area contributed by atoms with Crippen molar-refractivity contribution in [1.82, 2.24) is 5.32 Å². The van der Waals surface area contributed by atoms with Gasteiger partial charge in [0.25, 0.3) is 5.91 Å². The summed E-state index contributed by atoms with van der Waals surface area (Å²) in [6, 6.07) is 13.4. The lowest BCUT2D eigenvalue weighted by molar-refractivity contribution is 0.0935. The van der Waals surface area contributed by atoms with Gasteiger partial charge in [-0.15, -0.1) is 11.3 Å². The molecule has 0 aliphatic carbocycles. The van der Waals surface area contributed by atoms with E-state index < -0.39 is 0 Å². The molecule has 1 heterocycles. The minimum atomic E-state index is -0.119. The molecule has 1 N–H and O–H groups in total. The zero-order chi connectivity index (χ0) is 16.1. The zero-order valence-corrected chi connectivity index (χ0v) is 13.9. The summed E-state index contributed by atoms with van der Waals surface area (Å²) in [6.07, 6.45) is 0.876. The first-order valence-electron chi connectivity index (χ1n) is 7.44. The molecule has 0 bridgehead atoms. The smallest absolute Gasteiger partial charge is 0.261 e. The van der Waals surface area contributed by atoms with Crippen LogP contribution in [-0.2, 0) is 0 Å².